The Kier molecular flexibility index (Phi) is 5.86. The van der Waals surface area contributed by atoms with E-state index in [1.807, 2.05) is 6.92 Å². The Balaban J connectivity index is 1.58. The monoisotopic (exact) mass is 411 g/mol. The van der Waals surface area contributed by atoms with Crippen molar-refractivity contribution in [2.45, 2.75) is 26.4 Å². The van der Waals surface area contributed by atoms with Crippen LogP contribution < -0.4 is 5.32 Å². The molecule has 0 spiro atoms. The van der Waals surface area contributed by atoms with Crippen LogP contribution in [-0.4, -0.2) is 25.5 Å². The molecular weight excluding hydrogens is 397 g/mol. The number of anilines is 1. The summed E-state index contributed by atoms with van der Waals surface area (Å²) in [6.45, 7) is 2.72. The molecule has 0 aliphatic rings. The zero-order valence-corrected chi connectivity index (χ0v) is 16.2. The summed E-state index contributed by atoms with van der Waals surface area (Å²) in [4.78, 5) is 12.1. The number of rotatable bonds is 6. The number of halogens is 3. The van der Waals surface area contributed by atoms with E-state index in [1.54, 1.807) is 46.0 Å². The highest BCUT2D eigenvalue weighted by Crippen LogP contribution is 2.25. The van der Waals surface area contributed by atoms with Crippen LogP contribution in [0.3, 0.4) is 0 Å². The van der Waals surface area contributed by atoms with Gasteiger partial charge >= 0.3 is 0 Å². The second-order valence-corrected chi connectivity index (χ2v) is 6.92. The number of carbonyl (C=O) groups excluding carboxylic acids is 1. The van der Waals surface area contributed by atoms with Gasteiger partial charge in [-0.25, -0.2) is 0 Å². The van der Waals surface area contributed by atoms with Gasteiger partial charge < -0.3 is 5.32 Å². The summed E-state index contributed by atoms with van der Waals surface area (Å²) in [5.41, 5.74) is 1.61. The quantitative estimate of drug-likeness (QED) is 0.651. The van der Waals surface area contributed by atoms with Gasteiger partial charge in [0.2, 0.25) is 5.91 Å². The lowest BCUT2D eigenvalue weighted by Crippen LogP contribution is -2.16. The Bertz CT molecular complexity index is 914. The molecule has 0 fully saturated rings. The van der Waals surface area contributed by atoms with Gasteiger partial charge in [-0.1, -0.05) is 40.9 Å². The molecule has 1 amide bonds. The standard InChI is InChI=1S/C17H16Cl3N5O/c1-11-15(20)9-21-25(11)8-6-17(26)22-16-5-7-24(23-16)10-12-13(18)3-2-4-14(12)19/h2-5,7,9H,6,8,10H2,1H3,(H,22,23,26). The van der Waals surface area contributed by atoms with E-state index in [9.17, 15) is 4.79 Å². The SMILES string of the molecule is Cc1c(Cl)cnn1CCC(=O)Nc1ccn(Cc2c(Cl)cccc2Cl)n1. The maximum Gasteiger partial charge on any atom is 0.227 e. The molecule has 2 heterocycles. The zero-order valence-electron chi connectivity index (χ0n) is 13.9. The van der Waals surface area contributed by atoms with Crippen molar-refractivity contribution >= 4 is 46.5 Å². The lowest BCUT2D eigenvalue weighted by molar-refractivity contribution is -0.116. The first-order chi connectivity index (χ1) is 12.4. The Morgan fingerprint density at radius 1 is 1.15 bits per heavy atom. The number of aryl methyl sites for hydroxylation is 1. The fraction of sp³-hybridized carbons (Fsp3) is 0.235. The number of aromatic nitrogens is 4. The number of amides is 1. The molecule has 0 unspecified atom stereocenters. The van der Waals surface area contributed by atoms with Gasteiger partial charge in [-0.2, -0.15) is 10.2 Å². The van der Waals surface area contributed by atoms with Crippen LogP contribution in [0.4, 0.5) is 5.82 Å². The highest BCUT2D eigenvalue weighted by molar-refractivity contribution is 6.36. The first-order valence-electron chi connectivity index (χ1n) is 7.88. The third-order valence-corrected chi connectivity index (χ3v) is 4.96. The van der Waals surface area contributed by atoms with Crippen LogP contribution in [0, 0.1) is 6.92 Å². The molecule has 9 heteroatoms. The summed E-state index contributed by atoms with van der Waals surface area (Å²) < 4.78 is 3.36. The number of hydrogen-bond acceptors (Lipinski definition) is 3. The minimum absolute atomic E-state index is 0.156. The van der Waals surface area contributed by atoms with Crippen molar-refractivity contribution in [2.75, 3.05) is 5.32 Å². The van der Waals surface area contributed by atoms with E-state index >= 15 is 0 Å². The molecule has 3 aromatic rings. The molecule has 0 aliphatic carbocycles. The normalized spacial score (nSPS) is 10.9. The van der Waals surface area contributed by atoms with Crippen molar-refractivity contribution in [3.05, 3.63) is 63.0 Å². The van der Waals surface area contributed by atoms with Crippen LogP contribution in [0.2, 0.25) is 15.1 Å². The van der Waals surface area contributed by atoms with E-state index in [2.05, 4.69) is 15.5 Å². The van der Waals surface area contributed by atoms with Crippen molar-refractivity contribution in [1.29, 1.82) is 0 Å². The summed E-state index contributed by atoms with van der Waals surface area (Å²) in [5.74, 6) is 0.311. The van der Waals surface area contributed by atoms with Gasteiger partial charge in [0.1, 0.15) is 0 Å². The molecule has 6 nitrogen and oxygen atoms in total. The van der Waals surface area contributed by atoms with Crippen LogP contribution in [0.25, 0.3) is 0 Å². The van der Waals surface area contributed by atoms with Gasteiger partial charge in [0.15, 0.2) is 5.82 Å². The third-order valence-electron chi connectivity index (χ3n) is 3.88. The van der Waals surface area contributed by atoms with Gasteiger partial charge in [-0.15, -0.1) is 0 Å². The number of carbonyl (C=O) groups is 1. The van der Waals surface area contributed by atoms with E-state index in [0.29, 0.717) is 34.0 Å². The molecule has 1 N–H and O–H groups in total. The molecule has 0 saturated carbocycles. The number of benzene rings is 1. The molecule has 1 aromatic carbocycles. The first kappa shape index (κ1) is 18.8. The molecule has 136 valence electrons. The van der Waals surface area contributed by atoms with Crippen LogP contribution in [-0.2, 0) is 17.9 Å². The maximum atomic E-state index is 12.1. The summed E-state index contributed by atoms with van der Waals surface area (Å²) in [6, 6.07) is 7.06. The number of hydrogen-bond donors (Lipinski definition) is 1. The molecule has 26 heavy (non-hydrogen) atoms. The smallest absolute Gasteiger partial charge is 0.227 e. The molecule has 0 saturated heterocycles. The summed E-state index contributed by atoms with van der Waals surface area (Å²) in [6.07, 6.45) is 3.59. The molecule has 0 atom stereocenters. The highest BCUT2D eigenvalue weighted by Gasteiger charge is 2.10. The van der Waals surface area contributed by atoms with E-state index in [-0.39, 0.29) is 12.3 Å². The first-order valence-corrected chi connectivity index (χ1v) is 9.01. The van der Waals surface area contributed by atoms with Crippen molar-refractivity contribution < 1.29 is 4.79 Å². The molecule has 2 aromatic heterocycles. The lowest BCUT2D eigenvalue weighted by Gasteiger charge is -2.07. The summed E-state index contributed by atoms with van der Waals surface area (Å²) in [7, 11) is 0. The average Bonchev–Trinajstić information content (AvgIpc) is 3.17. The predicted molar refractivity (Wildman–Crippen MR) is 103 cm³/mol. The highest BCUT2D eigenvalue weighted by atomic mass is 35.5. The van der Waals surface area contributed by atoms with Crippen molar-refractivity contribution in [3.63, 3.8) is 0 Å². The fourth-order valence-electron chi connectivity index (χ4n) is 2.42. The topological polar surface area (TPSA) is 64.7 Å². The maximum absolute atomic E-state index is 12.1. The molecule has 0 aliphatic heterocycles. The van der Waals surface area contributed by atoms with Gasteiger partial charge in [-0.05, 0) is 19.1 Å². The van der Waals surface area contributed by atoms with E-state index in [0.717, 1.165) is 11.3 Å². The second kappa shape index (κ2) is 8.12. The van der Waals surface area contributed by atoms with Crippen molar-refractivity contribution in [2.24, 2.45) is 0 Å². The Morgan fingerprint density at radius 2 is 1.88 bits per heavy atom. The van der Waals surface area contributed by atoms with Gasteiger partial charge in [0.05, 0.1) is 30.0 Å². The van der Waals surface area contributed by atoms with E-state index in [4.69, 9.17) is 34.8 Å². The molecule has 0 radical (unpaired) electrons. The van der Waals surface area contributed by atoms with Crippen LogP contribution in [0.15, 0.2) is 36.7 Å². The van der Waals surface area contributed by atoms with Gasteiger partial charge in [0.25, 0.3) is 0 Å². The largest absolute Gasteiger partial charge is 0.309 e. The van der Waals surface area contributed by atoms with Crippen LogP contribution in [0.1, 0.15) is 17.7 Å². The Labute approximate surface area is 165 Å². The van der Waals surface area contributed by atoms with Gasteiger partial charge in [0, 0.05) is 34.3 Å². The lowest BCUT2D eigenvalue weighted by atomic mass is 10.2. The minimum atomic E-state index is -0.156. The minimum Gasteiger partial charge on any atom is -0.309 e. The number of nitrogens with one attached hydrogen (secondary N) is 1. The summed E-state index contributed by atoms with van der Waals surface area (Å²) >= 11 is 18.3. The van der Waals surface area contributed by atoms with Crippen molar-refractivity contribution in [1.82, 2.24) is 19.6 Å². The zero-order chi connectivity index (χ0) is 18.7. The van der Waals surface area contributed by atoms with Crippen LogP contribution >= 0.6 is 34.8 Å². The van der Waals surface area contributed by atoms with E-state index < -0.39 is 0 Å². The summed E-state index contributed by atoms with van der Waals surface area (Å²) in [5, 5.41) is 13.0. The molecule has 0 bridgehead atoms. The molecule has 3 rings (SSSR count). The Morgan fingerprint density at radius 3 is 2.54 bits per heavy atom. The Hall–Kier alpha value is -2.02. The van der Waals surface area contributed by atoms with E-state index in [1.165, 1.54) is 0 Å². The van der Waals surface area contributed by atoms with Crippen LogP contribution in [0.5, 0.6) is 0 Å². The molecular formula is C17H16Cl3N5O. The van der Waals surface area contributed by atoms with Crippen molar-refractivity contribution in [3.8, 4) is 0 Å². The average molecular weight is 413 g/mol. The second-order valence-electron chi connectivity index (χ2n) is 5.70. The third kappa shape index (κ3) is 4.38. The number of nitrogens with zero attached hydrogens (tertiary/aromatic N) is 4. The fourth-order valence-corrected chi connectivity index (χ4v) is 3.08. The van der Waals surface area contributed by atoms with Gasteiger partial charge in [-0.3, -0.25) is 14.2 Å². The predicted octanol–water partition coefficient (Wildman–Crippen LogP) is 4.43.